The Morgan fingerprint density at radius 3 is 2.89 bits per heavy atom. The zero-order valence-electron chi connectivity index (χ0n) is 14.8. The molecule has 0 saturated carbocycles. The highest BCUT2D eigenvalue weighted by Crippen LogP contribution is 2.42. The summed E-state index contributed by atoms with van der Waals surface area (Å²) in [6.45, 7) is 3.70. The number of ether oxygens (including phenoxy) is 1. The van der Waals surface area contributed by atoms with Crippen LogP contribution in [0.5, 0.6) is 11.6 Å². The van der Waals surface area contributed by atoms with Crippen LogP contribution in [0.3, 0.4) is 0 Å². The molecule has 0 amide bonds. The maximum Gasteiger partial charge on any atom is 0.336 e. The molecule has 0 unspecified atom stereocenters. The van der Waals surface area contributed by atoms with Crippen LogP contribution in [-0.2, 0) is 12.8 Å². The molecule has 0 spiro atoms. The first kappa shape index (κ1) is 16.7. The van der Waals surface area contributed by atoms with Gasteiger partial charge in [0, 0.05) is 22.4 Å². The summed E-state index contributed by atoms with van der Waals surface area (Å²) in [5, 5.41) is 2.20. The minimum Gasteiger partial charge on any atom is -0.436 e. The minimum atomic E-state index is -0.399. The van der Waals surface area contributed by atoms with Crippen LogP contribution in [0.1, 0.15) is 28.2 Å². The van der Waals surface area contributed by atoms with Gasteiger partial charge < -0.3 is 9.15 Å². The number of hydrogen-bond acceptors (Lipinski definition) is 6. The lowest BCUT2D eigenvalue weighted by molar-refractivity contribution is 0.465. The van der Waals surface area contributed by atoms with Crippen molar-refractivity contribution in [2.45, 2.75) is 33.1 Å². The second kappa shape index (κ2) is 6.04. The van der Waals surface area contributed by atoms with Gasteiger partial charge >= 0.3 is 5.63 Å². The summed E-state index contributed by atoms with van der Waals surface area (Å²) < 4.78 is 11.5. The fourth-order valence-electron chi connectivity index (χ4n) is 3.64. The third kappa shape index (κ3) is 2.71. The van der Waals surface area contributed by atoms with Crippen LogP contribution in [0.2, 0.25) is 5.02 Å². The number of fused-ring (bicyclic) bond motifs is 4. The van der Waals surface area contributed by atoms with Gasteiger partial charge in [-0.15, -0.1) is 11.3 Å². The zero-order chi connectivity index (χ0) is 18.7. The summed E-state index contributed by atoms with van der Waals surface area (Å²) in [5.74, 6) is 1.57. The van der Waals surface area contributed by atoms with Gasteiger partial charge in [-0.3, -0.25) is 0 Å². The first-order chi connectivity index (χ1) is 13.0. The molecule has 5 rings (SSSR count). The molecule has 1 aliphatic carbocycles. The van der Waals surface area contributed by atoms with E-state index in [2.05, 4.69) is 9.97 Å². The summed E-state index contributed by atoms with van der Waals surface area (Å²) in [4.78, 5) is 23.1. The van der Waals surface area contributed by atoms with Gasteiger partial charge in [0.15, 0.2) is 5.75 Å². The lowest BCUT2D eigenvalue weighted by Gasteiger charge is -2.11. The molecule has 0 fully saturated rings. The largest absolute Gasteiger partial charge is 0.436 e. The molecule has 7 heteroatoms. The Labute approximate surface area is 163 Å². The van der Waals surface area contributed by atoms with Crippen molar-refractivity contribution < 1.29 is 9.15 Å². The summed E-state index contributed by atoms with van der Waals surface area (Å²) >= 11 is 8.17. The maximum atomic E-state index is 11.7. The van der Waals surface area contributed by atoms with E-state index in [0.29, 0.717) is 28.1 Å². The Morgan fingerprint density at radius 1 is 1.19 bits per heavy atom. The van der Waals surface area contributed by atoms with Crippen molar-refractivity contribution >= 4 is 44.1 Å². The van der Waals surface area contributed by atoms with E-state index < -0.39 is 5.63 Å². The highest BCUT2D eigenvalue weighted by molar-refractivity contribution is 7.19. The Hall–Kier alpha value is -2.44. The molecule has 3 heterocycles. The van der Waals surface area contributed by atoms with Crippen molar-refractivity contribution in [2.24, 2.45) is 0 Å². The number of rotatable bonds is 2. The molecular weight excluding hydrogens is 384 g/mol. The number of hydrogen-bond donors (Lipinski definition) is 0. The fraction of sp³-hybridized carbons (Fsp3) is 0.250. The van der Waals surface area contributed by atoms with Crippen molar-refractivity contribution in [1.82, 2.24) is 9.97 Å². The summed E-state index contributed by atoms with van der Waals surface area (Å²) in [7, 11) is 0. The molecule has 1 aliphatic rings. The molecule has 0 aliphatic heterocycles. The van der Waals surface area contributed by atoms with Crippen LogP contribution in [0.25, 0.3) is 21.2 Å². The van der Waals surface area contributed by atoms with Gasteiger partial charge in [-0.05, 0) is 50.3 Å². The lowest BCUT2D eigenvalue weighted by atomic mass is 10.1. The molecule has 136 valence electrons. The SMILES string of the molecule is Cc1nc(Oc2cc3oc(=O)cc(C)c3cc2Cl)c2c3c(sc2n1)CCC3. The van der Waals surface area contributed by atoms with E-state index in [1.165, 1.54) is 16.5 Å². The Balaban J connectivity index is 1.69. The van der Waals surface area contributed by atoms with Gasteiger partial charge in [0.05, 0.1) is 10.4 Å². The van der Waals surface area contributed by atoms with Crippen LogP contribution in [0, 0.1) is 13.8 Å². The molecule has 3 aromatic heterocycles. The lowest BCUT2D eigenvalue weighted by Crippen LogP contribution is -1.99. The van der Waals surface area contributed by atoms with Crippen LogP contribution in [0.15, 0.2) is 27.4 Å². The van der Waals surface area contributed by atoms with Crippen molar-refractivity contribution in [1.29, 1.82) is 0 Å². The van der Waals surface area contributed by atoms with Crippen LogP contribution >= 0.6 is 22.9 Å². The van der Waals surface area contributed by atoms with Crippen LogP contribution in [0.4, 0.5) is 0 Å². The van der Waals surface area contributed by atoms with Crippen LogP contribution < -0.4 is 10.4 Å². The molecular formula is C20H15ClN2O3S. The molecule has 1 aromatic carbocycles. The minimum absolute atomic E-state index is 0.399. The molecule has 0 bridgehead atoms. The molecule has 0 N–H and O–H groups in total. The van der Waals surface area contributed by atoms with Crippen molar-refractivity contribution in [2.75, 3.05) is 0 Å². The molecule has 4 aromatic rings. The van der Waals surface area contributed by atoms with Gasteiger partial charge in [0.1, 0.15) is 16.2 Å². The fourth-order valence-corrected chi connectivity index (χ4v) is 5.14. The van der Waals surface area contributed by atoms with Gasteiger partial charge in [-0.25, -0.2) is 9.78 Å². The third-order valence-corrected chi connectivity index (χ3v) is 6.33. The average molecular weight is 399 g/mol. The maximum absolute atomic E-state index is 11.7. The van der Waals surface area contributed by atoms with E-state index in [-0.39, 0.29) is 0 Å². The highest BCUT2D eigenvalue weighted by Gasteiger charge is 2.23. The summed E-state index contributed by atoms with van der Waals surface area (Å²) in [6, 6.07) is 4.86. The Bertz CT molecular complexity index is 1290. The second-order valence-electron chi connectivity index (χ2n) is 6.74. The summed E-state index contributed by atoms with van der Waals surface area (Å²) in [5.41, 5.74) is 2.14. The van der Waals surface area contributed by atoms with Crippen LogP contribution in [-0.4, -0.2) is 9.97 Å². The third-order valence-electron chi connectivity index (χ3n) is 4.85. The number of nitrogens with zero attached hydrogens (tertiary/aromatic N) is 2. The van der Waals surface area contributed by atoms with Gasteiger partial charge in [0.2, 0.25) is 5.88 Å². The monoisotopic (exact) mass is 398 g/mol. The van der Waals surface area contributed by atoms with Crippen molar-refractivity contribution in [3.63, 3.8) is 0 Å². The Morgan fingerprint density at radius 2 is 2.04 bits per heavy atom. The number of aromatic nitrogens is 2. The Kier molecular flexibility index (Phi) is 3.74. The van der Waals surface area contributed by atoms with Gasteiger partial charge in [-0.2, -0.15) is 4.98 Å². The van der Waals surface area contributed by atoms with E-state index in [9.17, 15) is 4.79 Å². The predicted octanol–water partition coefficient (Wildman–Crippen LogP) is 5.35. The standard InChI is InChI=1S/C20H15ClN2O3S/c1-9-6-17(24)25-14-8-15(13(21)7-12(9)14)26-19-18-11-4-3-5-16(11)27-20(18)23-10(2)22-19/h6-8H,3-5H2,1-2H3. The number of thiophene rings is 1. The van der Waals surface area contributed by atoms with E-state index in [1.807, 2.05) is 13.8 Å². The van der Waals surface area contributed by atoms with E-state index in [1.54, 1.807) is 23.5 Å². The molecule has 27 heavy (non-hydrogen) atoms. The number of benzene rings is 1. The second-order valence-corrected chi connectivity index (χ2v) is 8.23. The van der Waals surface area contributed by atoms with Crippen molar-refractivity contribution in [3.8, 4) is 11.6 Å². The number of aryl methyl sites for hydroxylation is 4. The molecule has 5 nitrogen and oxygen atoms in total. The normalized spacial score (nSPS) is 13.4. The van der Waals surface area contributed by atoms with E-state index >= 15 is 0 Å². The van der Waals surface area contributed by atoms with E-state index in [4.69, 9.17) is 20.8 Å². The van der Waals surface area contributed by atoms with Crippen molar-refractivity contribution in [3.05, 3.63) is 55.5 Å². The smallest absolute Gasteiger partial charge is 0.336 e. The molecule has 0 radical (unpaired) electrons. The highest BCUT2D eigenvalue weighted by atomic mass is 35.5. The molecule has 0 atom stereocenters. The number of halogens is 1. The quantitative estimate of drug-likeness (QED) is 0.426. The predicted molar refractivity (Wildman–Crippen MR) is 106 cm³/mol. The van der Waals surface area contributed by atoms with Gasteiger partial charge in [-0.1, -0.05) is 11.6 Å². The average Bonchev–Trinajstić information content (AvgIpc) is 3.16. The zero-order valence-corrected chi connectivity index (χ0v) is 16.3. The first-order valence-electron chi connectivity index (χ1n) is 8.70. The van der Waals surface area contributed by atoms with E-state index in [0.717, 1.165) is 40.4 Å². The summed E-state index contributed by atoms with van der Waals surface area (Å²) in [6.07, 6.45) is 3.24. The van der Waals surface area contributed by atoms with Gasteiger partial charge in [0.25, 0.3) is 0 Å². The topological polar surface area (TPSA) is 65.2 Å². The molecule has 0 saturated heterocycles. The first-order valence-corrected chi connectivity index (χ1v) is 9.90.